The Morgan fingerprint density at radius 3 is 2.14 bits per heavy atom. The first kappa shape index (κ1) is 19.6. The number of benzene rings is 2. The van der Waals surface area contributed by atoms with E-state index in [2.05, 4.69) is 4.98 Å². The number of H-pyrrole nitrogens is 1. The van der Waals surface area contributed by atoms with Crippen LogP contribution in [0.15, 0.2) is 89.9 Å². The smallest absolute Gasteiger partial charge is 0.352 e. The van der Waals surface area contributed by atoms with Crippen molar-refractivity contribution in [1.29, 1.82) is 0 Å². The summed E-state index contributed by atoms with van der Waals surface area (Å²) in [6.45, 7) is -0.312. The zero-order chi connectivity index (χ0) is 20.0. The van der Waals surface area contributed by atoms with Gasteiger partial charge in [-0.05, 0) is 29.3 Å². The van der Waals surface area contributed by atoms with Crippen molar-refractivity contribution < 1.29 is 17.9 Å². The summed E-state index contributed by atoms with van der Waals surface area (Å²) in [7, 11) is 0. The molecule has 0 radical (unpaired) electrons. The zero-order valence-electron chi connectivity index (χ0n) is 14.8. The fraction of sp³-hybridized carbons (Fsp3) is 0.136. The van der Waals surface area contributed by atoms with Gasteiger partial charge in [-0.3, -0.25) is 4.79 Å². The van der Waals surface area contributed by atoms with E-state index in [0.29, 0.717) is 11.1 Å². The molecule has 0 amide bonds. The second-order valence-corrected chi connectivity index (χ2v) is 6.16. The number of aromatic nitrogens is 1. The van der Waals surface area contributed by atoms with Gasteiger partial charge >= 0.3 is 6.18 Å². The van der Waals surface area contributed by atoms with Gasteiger partial charge in [0.1, 0.15) is 0 Å². The van der Waals surface area contributed by atoms with Gasteiger partial charge in [0.2, 0.25) is 5.60 Å². The number of hydrogen-bond acceptors (Lipinski definition) is 2. The van der Waals surface area contributed by atoms with Crippen LogP contribution in [0.25, 0.3) is 6.08 Å². The number of hydrogen-bond donors (Lipinski definition) is 1. The fourth-order valence-corrected chi connectivity index (χ4v) is 2.81. The molecule has 1 heterocycles. The highest BCUT2D eigenvalue weighted by molar-refractivity contribution is 5.52. The normalized spacial score (nSPS) is 14.1. The van der Waals surface area contributed by atoms with Crippen molar-refractivity contribution in [3.8, 4) is 0 Å². The summed E-state index contributed by atoms with van der Waals surface area (Å²) in [5.74, 6) is 0. The summed E-state index contributed by atoms with van der Waals surface area (Å²) in [4.78, 5) is 14.6. The van der Waals surface area contributed by atoms with Gasteiger partial charge in [-0.25, -0.2) is 0 Å². The van der Waals surface area contributed by atoms with Gasteiger partial charge in [-0.1, -0.05) is 66.7 Å². The topological polar surface area (TPSA) is 42.1 Å². The van der Waals surface area contributed by atoms with Crippen molar-refractivity contribution >= 4 is 6.08 Å². The summed E-state index contributed by atoms with van der Waals surface area (Å²) in [5, 5.41) is 0. The lowest BCUT2D eigenvalue weighted by molar-refractivity contribution is -0.267. The lowest BCUT2D eigenvalue weighted by Gasteiger charge is -2.33. The van der Waals surface area contributed by atoms with E-state index in [1.54, 1.807) is 60.7 Å². The van der Waals surface area contributed by atoms with Gasteiger partial charge in [0.05, 0.1) is 12.2 Å². The van der Waals surface area contributed by atoms with E-state index in [1.807, 2.05) is 0 Å². The van der Waals surface area contributed by atoms with Crippen LogP contribution in [-0.4, -0.2) is 11.2 Å². The van der Waals surface area contributed by atoms with Crippen LogP contribution in [0.1, 0.15) is 16.7 Å². The van der Waals surface area contributed by atoms with Crippen molar-refractivity contribution in [3.63, 3.8) is 0 Å². The predicted octanol–water partition coefficient (Wildman–Crippen LogP) is 5.06. The van der Waals surface area contributed by atoms with E-state index in [1.165, 1.54) is 18.3 Å². The number of alkyl halides is 3. The van der Waals surface area contributed by atoms with Crippen LogP contribution >= 0.6 is 0 Å². The van der Waals surface area contributed by atoms with Crippen LogP contribution in [0, 0.1) is 0 Å². The minimum absolute atomic E-state index is 0.312. The Morgan fingerprint density at radius 2 is 1.54 bits per heavy atom. The predicted molar refractivity (Wildman–Crippen MR) is 102 cm³/mol. The van der Waals surface area contributed by atoms with Gasteiger partial charge in [-0.15, -0.1) is 0 Å². The maximum Gasteiger partial charge on any atom is 0.425 e. The molecule has 3 rings (SSSR count). The molecule has 1 atom stereocenters. The Hall–Kier alpha value is -3.12. The van der Waals surface area contributed by atoms with E-state index >= 15 is 0 Å². The van der Waals surface area contributed by atoms with Crippen molar-refractivity contribution in [2.24, 2.45) is 0 Å². The van der Waals surface area contributed by atoms with Gasteiger partial charge in [0.25, 0.3) is 5.56 Å². The quantitative estimate of drug-likeness (QED) is 0.644. The van der Waals surface area contributed by atoms with Crippen LogP contribution in [0.5, 0.6) is 0 Å². The van der Waals surface area contributed by atoms with Gasteiger partial charge in [-0.2, -0.15) is 13.2 Å². The Bertz CT molecular complexity index is 982. The summed E-state index contributed by atoms with van der Waals surface area (Å²) < 4.78 is 48.4. The molecule has 1 unspecified atom stereocenters. The van der Waals surface area contributed by atoms with E-state index in [9.17, 15) is 18.0 Å². The second-order valence-electron chi connectivity index (χ2n) is 6.16. The van der Waals surface area contributed by atoms with Crippen LogP contribution in [0.4, 0.5) is 13.2 Å². The molecular formula is C22H18F3NO2. The van der Waals surface area contributed by atoms with Crippen LogP contribution < -0.4 is 5.56 Å². The summed E-state index contributed by atoms with van der Waals surface area (Å²) in [5.41, 5.74) is -3.15. The highest BCUT2D eigenvalue weighted by Gasteiger charge is 2.57. The summed E-state index contributed by atoms with van der Waals surface area (Å²) in [6, 6.07) is 19.5. The molecule has 0 spiro atoms. The number of pyridine rings is 1. The lowest BCUT2D eigenvalue weighted by atomic mass is 9.92. The minimum atomic E-state index is -4.86. The molecule has 6 heteroatoms. The molecule has 0 saturated heterocycles. The standard InChI is InChI=1S/C22H18F3NO2/c23-22(24,25)21(19-12-7-15-26-20(19)27,14-13-17-8-3-1-4-9-17)28-16-18-10-5-2-6-11-18/h1-15H,16H2,(H,26,27). The van der Waals surface area contributed by atoms with E-state index in [0.717, 1.165) is 12.1 Å². The Labute approximate surface area is 160 Å². The summed E-state index contributed by atoms with van der Waals surface area (Å²) in [6.07, 6.45) is -1.37. The van der Waals surface area contributed by atoms with E-state index in [-0.39, 0.29) is 6.61 Å². The Morgan fingerprint density at radius 1 is 0.893 bits per heavy atom. The number of rotatable bonds is 6. The molecule has 0 fully saturated rings. The molecule has 0 saturated carbocycles. The maximum atomic E-state index is 14.3. The molecule has 1 aromatic heterocycles. The first-order valence-electron chi connectivity index (χ1n) is 8.59. The third-order valence-corrected chi connectivity index (χ3v) is 4.26. The van der Waals surface area contributed by atoms with Crippen LogP contribution in [-0.2, 0) is 16.9 Å². The van der Waals surface area contributed by atoms with Gasteiger partial charge in [0, 0.05) is 6.20 Å². The molecule has 0 aliphatic heterocycles. The maximum absolute atomic E-state index is 14.3. The average molecular weight is 385 g/mol. The number of halogens is 3. The molecule has 0 aliphatic rings. The van der Waals surface area contributed by atoms with Crippen molar-refractivity contribution in [2.75, 3.05) is 0 Å². The SMILES string of the molecule is O=c1[nH]cccc1C(C=Cc1ccccc1)(OCc1ccccc1)C(F)(F)F. The van der Waals surface area contributed by atoms with Crippen molar-refractivity contribution in [1.82, 2.24) is 4.98 Å². The highest BCUT2D eigenvalue weighted by Crippen LogP contribution is 2.43. The molecule has 0 bridgehead atoms. The van der Waals surface area contributed by atoms with Crippen LogP contribution in [0.3, 0.4) is 0 Å². The summed E-state index contributed by atoms with van der Waals surface area (Å²) >= 11 is 0. The fourth-order valence-electron chi connectivity index (χ4n) is 2.81. The number of ether oxygens (including phenoxy) is 1. The third kappa shape index (κ3) is 4.23. The highest BCUT2D eigenvalue weighted by atomic mass is 19.4. The monoisotopic (exact) mass is 385 g/mol. The van der Waals surface area contributed by atoms with E-state index in [4.69, 9.17) is 4.74 Å². The molecular weight excluding hydrogens is 367 g/mol. The molecule has 1 N–H and O–H groups in total. The number of nitrogens with one attached hydrogen (secondary N) is 1. The number of aromatic amines is 1. The first-order chi connectivity index (χ1) is 13.4. The molecule has 2 aromatic carbocycles. The molecule has 3 nitrogen and oxygen atoms in total. The first-order valence-corrected chi connectivity index (χ1v) is 8.59. The van der Waals surface area contributed by atoms with Crippen LogP contribution in [0.2, 0.25) is 0 Å². The molecule has 144 valence electrons. The third-order valence-electron chi connectivity index (χ3n) is 4.26. The Balaban J connectivity index is 2.10. The van der Waals surface area contributed by atoms with Crippen molar-refractivity contribution in [3.05, 3.63) is 112 Å². The van der Waals surface area contributed by atoms with E-state index < -0.39 is 22.9 Å². The second kappa shape index (κ2) is 8.27. The Kier molecular flexibility index (Phi) is 5.80. The minimum Gasteiger partial charge on any atom is -0.352 e. The molecule has 28 heavy (non-hydrogen) atoms. The van der Waals surface area contributed by atoms with Crippen molar-refractivity contribution in [2.45, 2.75) is 18.4 Å². The van der Waals surface area contributed by atoms with Gasteiger partial charge in [0.15, 0.2) is 0 Å². The average Bonchev–Trinajstić information content (AvgIpc) is 2.70. The van der Waals surface area contributed by atoms with Gasteiger partial charge < -0.3 is 9.72 Å². The zero-order valence-corrected chi connectivity index (χ0v) is 14.8. The molecule has 3 aromatic rings. The largest absolute Gasteiger partial charge is 0.425 e. The lowest BCUT2D eigenvalue weighted by Crippen LogP contribution is -2.46. The molecule has 0 aliphatic carbocycles.